The predicted molar refractivity (Wildman–Crippen MR) is 68.2 cm³/mol. The number of amides is 1. The van der Waals surface area contributed by atoms with E-state index in [-0.39, 0.29) is 21.5 Å². The third kappa shape index (κ3) is 4.49. The molecule has 0 saturated heterocycles. The molecule has 1 rings (SSSR count). The number of benzene rings is 1. The van der Waals surface area contributed by atoms with Gasteiger partial charge in [-0.1, -0.05) is 23.2 Å². The molecule has 8 heteroatoms. The van der Waals surface area contributed by atoms with Crippen LogP contribution >= 0.6 is 23.2 Å². The number of anilines is 1. The monoisotopic (exact) mass is 313 g/mol. The molecule has 0 saturated carbocycles. The number of hydrogen-bond donors (Lipinski definition) is 1. The van der Waals surface area contributed by atoms with Crippen LogP contribution < -0.4 is 10.1 Å². The minimum absolute atomic E-state index is 0.131. The molecule has 1 N–H and O–H groups in total. The zero-order chi connectivity index (χ0) is 14.6. The standard InChI is InChI=1S/C11H11Cl2F2NO3/c1-5(18-2)10(17)16-6-3-7(12)9(8(13)4-6)19-11(14)15/h3-5,11H,1-2H3,(H,16,17). The Morgan fingerprint density at radius 3 is 2.26 bits per heavy atom. The molecule has 4 nitrogen and oxygen atoms in total. The molecule has 1 amide bonds. The molecule has 19 heavy (non-hydrogen) atoms. The Kier molecular flexibility index (Phi) is 5.78. The van der Waals surface area contributed by atoms with Gasteiger partial charge in [0.25, 0.3) is 5.91 Å². The Morgan fingerprint density at radius 1 is 1.32 bits per heavy atom. The van der Waals surface area contributed by atoms with E-state index >= 15 is 0 Å². The van der Waals surface area contributed by atoms with E-state index in [9.17, 15) is 13.6 Å². The summed E-state index contributed by atoms with van der Waals surface area (Å²) in [5.74, 6) is -0.756. The molecule has 1 unspecified atom stereocenters. The highest BCUT2D eigenvalue weighted by molar-refractivity contribution is 6.37. The van der Waals surface area contributed by atoms with Crippen molar-refractivity contribution in [2.24, 2.45) is 0 Å². The first-order chi connectivity index (χ1) is 8.85. The molecular weight excluding hydrogens is 303 g/mol. The highest BCUT2D eigenvalue weighted by atomic mass is 35.5. The van der Waals surface area contributed by atoms with Crippen molar-refractivity contribution in [1.82, 2.24) is 0 Å². The van der Waals surface area contributed by atoms with Gasteiger partial charge in [-0.2, -0.15) is 8.78 Å². The molecule has 0 bridgehead atoms. The van der Waals surface area contributed by atoms with Gasteiger partial charge in [-0.25, -0.2) is 0 Å². The Balaban J connectivity index is 2.92. The van der Waals surface area contributed by atoms with E-state index in [1.54, 1.807) is 6.92 Å². The Labute approximate surface area is 118 Å². The zero-order valence-corrected chi connectivity index (χ0v) is 11.6. The van der Waals surface area contributed by atoms with E-state index in [0.29, 0.717) is 0 Å². The fourth-order valence-corrected chi connectivity index (χ4v) is 1.76. The molecule has 1 aromatic rings. The van der Waals surface area contributed by atoms with Crippen LogP contribution in [0.3, 0.4) is 0 Å². The van der Waals surface area contributed by atoms with E-state index in [4.69, 9.17) is 27.9 Å². The summed E-state index contributed by atoms with van der Waals surface area (Å²) in [5, 5.41) is 2.22. The van der Waals surface area contributed by atoms with Gasteiger partial charge in [-0.05, 0) is 19.1 Å². The Hall–Kier alpha value is -1.11. The van der Waals surface area contributed by atoms with E-state index in [1.165, 1.54) is 19.2 Å². The van der Waals surface area contributed by atoms with Gasteiger partial charge in [0.1, 0.15) is 6.10 Å². The van der Waals surface area contributed by atoms with Gasteiger partial charge >= 0.3 is 6.61 Å². The largest absolute Gasteiger partial charge is 0.432 e. The molecule has 0 heterocycles. The number of methoxy groups -OCH3 is 1. The van der Waals surface area contributed by atoms with Gasteiger partial charge < -0.3 is 14.8 Å². The first-order valence-electron chi connectivity index (χ1n) is 5.12. The van der Waals surface area contributed by atoms with Gasteiger partial charge in [0.15, 0.2) is 5.75 Å². The summed E-state index contributed by atoms with van der Waals surface area (Å²) >= 11 is 11.5. The number of carbonyl (C=O) groups is 1. The molecule has 0 aliphatic carbocycles. The van der Waals surface area contributed by atoms with E-state index in [2.05, 4.69) is 10.1 Å². The first-order valence-corrected chi connectivity index (χ1v) is 5.88. The minimum Gasteiger partial charge on any atom is -0.432 e. The van der Waals surface area contributed by atoms with Gasteiger partial charge in [0, 0.05) is 12.8 Å². The molecule has 106 valence electrons. The van der Waals surface area contributed by atoms with Crippen molar-refractivity contribution in [1.29, 1.82) is 0 Å². The number of carbonyl (C=O) groups excluding carboxylic acids is 1. The average molecular weight is 314 g/mol. The minimum atomic E-state index is -3.04. The predicted octanol–water partition coefficient (Wildman–Crippen LogP) is 3.57. The highest BCUT2D eigenvalue weighted by Gasteiger charge is 2.17. The molecule has 0 aromatic heterocycles. The second-order valence-electron chi connectivity index (χ2n) is 3.51. The smallest absolute Gasteiger partial charge is 0.387 e. The Morgan fingerprint density at radius 2 is 1.84 bits per heavy atom. The number of hydrogen-bond acceptors (Lipinski definition) is 3. The van der Waals surface area contributed by atoms with Gasteiger partial charge in [-0.15, -0.1) is 0 Å². The summed E-state index contributed by atoms with van der Waals surface area (Å²) in [5.41, 5.74) is 0.255. The van der Waals surface area contributed by atoms with Crippen molar-refractivity contribution < 1.29 is 23.0 Å². The number of ether oxygens (including phenoxy) is 2. The van der Waals surface area contributed by atoms with Crippen molar-refractivity contribution in [3.63, 3.8) is 0 Å². The van der Waals surface area contributed by atoms with Crippen molar-refractivity contribution in [2.45, 2.75) is 19.6 Å². The van der Waals surface area contributed by atoms with Crippen LogP contribution in [0.4, 0.5) is 14.5 Å². The van der Waals surface area contributed by atoms with Crippen LogP contribution in [0.25, 0.3) is 0 Å². The second-order valence-corrected chi connectivity index (χ2v) is 4.33. The molecule has 0 aliphatic rings. The lowest BCUT2D eigenvalue weighted by Gasteiger charge is -2.13. The molecule has 1 aromatic carbocycles. The van der Waals surface area contributed by atoms with Crippen LogP contribution in [0.1, 0.15) is 6.92 Å². The summed E-state index contributed by atoms with van der Waals surface area (Å²) in [6.45, 7) is -1.49. The van der Waals surface area contributed by atoms with E-state index in [1.807, 2.05) is 0 Å². The zero-order valence-electron chi connectivity index (χ0n) is 10.0. The SMILES string of the molecule is COC(C)C(=O)Nc1cc(Cl)c(OC(F)F)c(Cl)c1. The quantitative estimate of drug-likeness (QED) is 0.904. The normalized spacial score (nSPS) is 12.4. The first kappa shape index (κ1) is 15.9. The maximum absolute atomic E-state index is 12.1. The van der Waals surface area contributed by atoms with Crippen molar-refractivity contribution in [2.75, 3.05) is 12.4 Å². The molecule has 0 aliphatic heterocycles. The van der Waals surface area contributed by atoms with E-state index < -0.39 is 18.6 Å². The lowest BCUT2D eigenvalue weighted by atomic mass is 10.2. The topological polar surface area (TPSA) is 47.6 Å². The second kappa shape index (κ2) is 6.88. The van der Waals surface area contributed by atoms with Crippen LogP contribution in [-0.4, -0.2) is 25.7 Å². The van der Waals surface area contributed by atoms with Crippen LogP contribution in [0.5, 0.6) is 5.75 Å². The fraction of sp³-hybridized carbons (Fsp3) is 0.364. The molecular formula is C11H11Cl2F2NO3. The molecule has 0 spiro atoms. The van der Waals surface area contributed by atoms with E-state index in [0.717, 1.165) is 0 Å². The van der Waals surface area contributed by atoms with Gasteiger partial charge in [0.05, 0.1) is 10.0 Å². The fourth-order valence-electron chi connectivity index (χ4n) is 1.18. The van der Waals surface area contributed by atoms with Crippen LogP contribution in [0.15, 0.2) is 12.1 Å². The average Bonchev–Trinajstić information content (AvgIpc) is 2.32. The van der Waals surface area contributed by atoms with Crippen LogP contribution in [0.2, 0.25) is 10.0 Å². The molecule has 0 fully saturated rings. The maximum atomic E-state index is 12.1. The number of halogens is 4. The summed E-state index contributed by atoms with van der Waals surface area (Å²) in [4.78, 5) is 11.6. The molecule has 1 atom stereocenters. The van der Waals surface area contributed by atoms with Crippen molar-refractivity contribution in [3.8, 4) is 5.75 Å². The third-order valence-electron chi connectivity index (χ3n) is 2.20. The van der Waals surface area contributed by atoms with Gasteiger partial charge in [0.2, 0.25) is 0 Å². The Bertz CT molecular complexity index is 448. The molecule has 0 radical (unpaired) electrons. The summed E-state index contributed by atoms with van der Waals surface area (Å²) in [6, 6.07) is 2.51. The van der Waals surface area contributed by atoms with Crippen molar-refractivity contribution in [3.05, 3.63) is 22.2 Å². The summed E-state index contributed by atoms with van der Waals surface area (Å²) in [7, 11) is 1.38. The summed E-state index contributed by atoms with van der Waals surface area (Å²) < 4.78 is 33.2. The van der Waals surface area contributed by atoms with Crippen LogP contribution in [0, 0.1) is 0 Å². The third-order valence-corrected chi connectivity index (χ3v) is 2.76. The number of alkyl halides is 2. The lowest BCUT2D eigenvalue weighted by Crippen LogP contribution is -2.26. The van der Waals surface area contributed by atoms with Crippen LogP contribution in [-0.2, 0) is 9.53 Å². The van der Waals surface area contributed by atoms with Crippen molar-refractivity contribution >= 4 is 34.8 Å². The highest BCUT2D eigenvalue weighted by Crippen LogP contribution is 2.36. The summed E-state index contributed by atoms with van der Waals surface area (Å²) in [6.07, 6.45) is -0.672. The number of nitrogens with one attached hydrogen (secondary N) is 1. The maximum Gasteiger partial charge on any atom is 0.387 e. The number of rotatable bonds is 5. The van der Waals surface area contributed by atoms with Gasteiger partial charge in [-0.3, -0.25) is 4.79 Å². The lowest BCUT2D eigenvalue weighted by molar-refractivity contribution is -0.124.